The highest BCUT2D eigenvalue weighted by atomic mass is 35.5. The molecule has 0 spiro atoms. The zero-order valence-corrected chi connectivity index (χ0v) is 14.6. The molecular formula is C18H20ClNO4. The van der Waals surface area contributed by atoms with Crippen LogP contribution in [0.1, 0.15) is 13.8 Å². The Labute approximate surface area is 146 Å². The molecule has 0 amide bonds. The molecule has 0 aliphatic heterocycles. The van der Waals surface area contributed by atoms with E-state index in [1.165, 1.54) is 0 Å². The summed E-state index contributed by atoms with van der Waals surface area (Å²) in [5, 5.41) is 0.624. The van der Waals surface area contributed by atoms with Crippen LogP contribution in [-0.4, -0.2) is 26.0 Å². The van der Waals surface area contributed by atoms with Gasteiger partial charge < -0.3 is 19.1 Å². The number of rotatable bonds is 6. The van der Waals surface area contributed by atoms with Gasteiger partial charge in [0.05, 0.1) is 7.11 Å². The molecule has 6 heteroatoms. The lowest BCUT2D eigenvalue weighted by atomic mass is 10.3. The Morgan fingerprint density at radius 2 is 1.83 bits per heavy atom. The van der Waals surface area contributed by atoms with Crippen molar-refractivity contribution in [2.24, 2.45) is 0 Å². The van der Waals surface area contributed by atoms with Gasteiger partial charge in [0.25, 0.3) is 0 Å². The minimum Gasteiger partial charge on any atom is -0.497 e. The molecule has 2 rings (SSSR count). The molecule has 0 radical (unpaired) electrons. The highest BCUT2D eigenvalue weighted by Gasteiger charge is 2.18. The molecule has 1 atom stereocenters. The van der Waals surface area contributed by atoms with Crippen molar-refractivity contribution in [1.29, 1.82) is 0 Å². The summed E-state index contributed by atoms with van der Waals surface area (Å²) in [6.45, 7) is 4.40. The molecule has 24 heavy (non-hydrogen) atoms. The first-order chi connectivity index (χ1) is 11.5. The second kappa shape index (κ2) is 8.45. The predicted molar refractivity (Wildman–Crippen MR) is 94.0 cm³/mol. The summed E-state index contributed by atoms with van der Waals surface area (Å²) in [6, 6.07) is 14.1. The third kappa shape index (κ3) is 4.80. The van der Waals surface area contributed by atoms with Gasteiger partial charge in [-0.05, 0) is 56.3 Å². The molecule has 0 heterocycles. The van der Waals surface area contributed by atoms with Gasteiger partial charge in [0.15, 0.2) is 6.23 Å². The molecule has 128 valence electrons. The fraction of sp³-hybridized carbons (Fsp3) is 0.278. The van der Waals surface area contributed by atoms with Gasteiger partial charge in [0.1, 0.15) is 11.5 Å². The average molecular weight is 350 g/mol. The van der Waals surface area contributed by atoms with E-state index < -0.39 is 12.4 Å². The number of nitrogens with zero attached hydrogens (tertiary/aromatic N) is 1. The van der Waals surface area contributed by atoms with E-state index >= 15 is 0 Å². The van der Waals surface area contributed by atoms with Gasteiger partial charge >= 0.3 is 6.16 Å². The maximum absolute atomic E-state index is 12.0. The van der Waals surface area contributed by atoms with Crippen molar-refractivity contribution in [3.05, 3.63) is 53.6 Å². The second-order valence-corrected chi connectivity index (χ2v) is 5.45. The maximum atomic E-state index is 12.0. The van der Waals surface area contributed by atoms with E-state index in [-0.39, 0.29) is 0 Å². The number of carbonyl (C=O) groups excluding carboxylic acids is 1. The van der Waals surface area contributed by atoms with E-state index in [0.717, 1.165) is 5.69 Å². The van der Waals surface area contributed by atoms with E-state index in [9.17, 15) is 4.79 Å². The third-order valence-corrected chi connectivity index (χ3v) is 3.68. The Morgan fingerprint density at radius 1 is 1.17 bits per heavy atom. The molecule has 5 nitrogen and oxygen atoms in total. The van der Waals surface area contributed by atoms with Crippen LogP contribution >= 0.6 is 11.6 Å². The fourth-order valence-electron chi connectivity index (χ4n) is 2.27. The van der Waals surface area contributed by atoms with Crippen LogP contribution in [0, 0.1) is 0 Å². The van der Waals surface area contributed by atoms with Gasteiger partial charge in [-0.3, -0.25) is 0 Å². The first-order valence-electron chi connectivity index (χ1n) is 7.58. The summed E-state index contributed by atoms with van der Waals surface area (Å²) >= 11 is 6.02. The lowest BCUT2D eigenvalue weighted by molar-refractivity contribution is 0.0645. The van der Waals surface area contributed by atoms with Crippen LogP contribution < -0.4 is 14.4 Å². The zero-order valence-electron chi connectivity index (χ0n) is 13.9. The van der Waals surface area contributed by atoms with E-state index in [0.29, 0.717) is 23.1 Å². The summed E-state index contributed by atoms with van der Waals surface area (Å²) in [5.41, 5.74) is 0.870. The number of hydrogen-bond acceptors (Lipinski definition) is 5. The Balaban J connectivity index is 1.98. The molecule has 0 aliphatic rings. The maximum Gasteiger partial charge on any atom is 0.515 e. The third-order valence-electron chi connectivity index (χ3n) is 3.45. The number of carbonyl (C=O) groups is 1. The lowest BCUT2D eigenvalue weighted by Crippen LogP contribution is -2.37. The molecule has 0 saturated carbocycles. The van der Waals surface area contributed by atoms with Crippen LogP contribution in [0.2, 0.25) is 5.02 Å². The number of halogens is 1. The molecule has 0 N–H and O–H groups in total. The van der Waals surface area contributed by atoms with Gasteiger partial charge in [-0.15, -0.1) is 0 Å². The van der Waals surface area contributed by atoms with Crippen molar-refractivity contribution < 1.29 is 19.0 Å². The van der Waals surface area contributed by atoms with Gasteiger partial charge in [-0.2, -0.15) is 0 Å². The van der Waals surface area contributed by atoms with E-state index in [1.807, 2.05) is 30.0 Å². The van der Waals surface area contributed by atoms with Crippen molar-refractivity contribution in [1.82, 2.24) is 0 Å². The fourth-order valence-corrected chi connectivity index (χ4v) is 2.46. The summed E-state index contributed by atoms with van der Waals surface area (Å²) in [7, 11) is 1.57. The summed E-state index contributed by atoms with van der Waals surface area (Å²) in [6.07, 6.45) is -1.27. The predicted octanol–water partition coefficient (Wildman–Crippen LogP) is 4.74. The standard InChI is InChI=1S/C18H20ClNO4/c1-4-20(15-7-5-6-14(19)12-15)13(2)23-18(21)24-17-10-8-16(22-3)9-11-17/h5-13H,4H2,1-3H3. The minimum atomic E-state index is -0.770. The van der Waals surface area contributed by atoms with Crippen LogP contribution in [-0.2, 0) is 4.74 Å². The van der Waals surface area contributed by atoms with Crippen LogP contribution in [0.4, 0.5) is 10.5 Å². The van der Waals surface area contributed by atoms with Gasteiger partial charge in [0, 0.05) is 17.3 Å². The number of anilines is 1. The molecular weight excluding hydrogens is 330 g/mol. The Bertz CT molecular complexity index is 675. The smallest absolute Gasteiger partial charge is 0.497 e. The van der Waals surface area contributed by atoms with Crippen LogP contribution in [0.3, 0.4) is 0 Å². The largest absolute Gasteiger partial charge is 0.515 e. The number of ether oxygens (including phenoxy) is 3. The highest BCUT2D eigenvalue weighted by molar-refractivity contribution is 6.30. The van der Waals surface area contributed by atoms with Gasteiger partial charge in [-0.25, -0.2) is 4.79 Å². The van der Waals surface area contributed by atoms with Crippen LogP contribution in [0.15, 0.2) is 48.5 Å². The molecule has 0 bridgehead atoms. The molecule has 0 fully saturated rings. The highest BCUT2D eigenvalue weighted by Crippen LogP contribution is 2.22. The van der Waals surface area contributed by atoms with Crippen molar-refractivity contribution in [3.63, 3.8) is 0 Å². The van der Waals surface area contributed by atoms with Gasteiger partial charge in [-0.1, -0.05) is 17.7 Å². The SMILES string of the molecule is CCN(c1cccc(Cl)c1)C(C)OC(=O)Oc1ccc(OC)cc1. The molecule has 1 unspecified atom stereocenters. The Morgan fingerprint density at radius 3 is 2.42 bits per heavy atom. The first-order valence-corrected chi connectivity index (χ1v) is 7.96. The molecule has 0 aromatic heterocycles. The van der Waals surface area contributed by atoms with E-state index in [2.05, 4.69) is 0 Å². The number of benzene rings is 2. The minimum absolute atomic E-state index is 0.388. The number of hydrogen-bond donors (Lipinski definition) is 0. The van der Waals surface area contributed by atoms with Crippen molar-refractivity contribution in [3.8, 4) is 11.5 Å². The lowest BCUT2D eigenvalue weighted by Gasteiger charge is -2.29. The zero-order chi connectivity index (χ0) is 17.5. The van der Waals surface area contributed by atoms with Crippen LogP contribution in [0.5, 0.6) is 11.5 Å². The van der Waals surface area contributed by atoms with E-state index in [1.54, 1.807) is 44.4 Å². The van der Waals surface area contributed by atoms with Crippen molar-refractivity contribution >= 4 is 23.4 Å². The Kier molecular flexibility index (Phi) is 6.32. The quantitative estimate of drug-likeness (QED) is 0.428. The molecule has 2 aromatic rings. The molecule has 0 aliphatic carbocycles. The van der Waals surface area contributed by atoms with Crippen molar-refractivity contribution in [2.75, 3.05) is 18.6 Å². The second-order valence-electron chi connectivity index (χ2n) is 5.01. The molecule has 0 saturated heterocycles. The van der Waals surface area contributed by atoms with Gasteiger partial charge in [0.2, 0.25) is 0 Å². The monoisotopic (exact) mass is 349 g/mol. The summed E-state index contributed by atoms with van der Waals surface area (Å²) in [5.74, 6) is 1.07. The Hall–Kier alpha value is -2.40. The summed E-state index contributed by atoms with van der Waals surface area (Å²) < 4.78 is 15.6. The molecule has 2 aromatic carbocycles. The average Bonchev–Trinajstić information content (AvgIpc) is 2.56. The normalized spacial score (nSPS) is 11.5. The number of methoxy groups -OCH3 is 1. The topological polar surface area (TPSA) is 48.0 Å². The summed E-state index contributed by atoms with van der Waals surface area (Å²) in [4.78, 5) is 13.9. The van der Waals surface area contributed by atoms with Crippen molar-refractivity contribution in [2.45, 2.75) is 20.1 Å². The first kappa shape index (κ1) is 17.9. The van der Waals surface area contributed by atoms with Crippen LogP contribution in [0.25, 0.3) is 0 Å². The van der Waals surface area contributed by atoms with E-state index in [4.69, 9.17) is 25.8 Å².